The van der Waals surface area contributed by atoms with Crippen LogP contribution in [0.2, 0.25) is 0 Å². The first-order chi connectivity index (χ1) is 14.0. The lowest BCUT2D eigenvalue weighted by Crippen LogP contribution is -2.49. The van der Waals surface area contributed by atoms with E-state index in [4.69, 9.17) is 4.98 Å². The number of anilines is 1. The summed E-state index contributed by atoms with van der Waals surface area (Å²) in [5.74, 6) is 2.27. The van der Waals surface area contributed by atoms with Crippen molar-refractivity contribution in [2.24, 2.45) is 0 Å². The Morgan fingerprint density at radius 1 is 1.03 bits per heavy atom. The van der Waals surface area contributed by atoms with Crippen molar-refractivity contribution in [1.29, 1.82) is 0 Å². The number of aryl methyl sites for hydroxylation is 1. The van der Waals surface area contributed by atoms with Gasteiger partial charge in [-0.15, -0.1) is 11.3 Å². The Labute approximate surface area is 176 Å². The number of amides is 1. The Hall–Kier alpha value is -2.73. The molecule has 0 radical (unpaired) electrons. The van der Waals surface area contributed by atoms with E-state index in [9.17, 15) is 4.79 Å². The summed E-state index contributed by atoms with van der Waals surface area (Å²) in [6.07, 6.45) is 0. The summed E-state index contributed by atoms with van der Waals surface area (Å²) < 4.78 is 0. The predicted octanol–water partition coefficient (Wildman–Crippen LogP) is 4.60. The second-order valence-corrected chi connectivity index (χ2v) is 8.61. The molecule has 3 aromatic rings. The predicted molar refractivity (Wildman–Crippen MR) is 119 cm³/mol. The lowest BCUT2D eigenvalue weighted by molar-refractivity contribution is 0.0752. The zero-order chi connectivity index (χ0) is 20.4. The maximum absolute atomic E-state index is 13.2. The monoisotopic (exact) mass is 406 g/mol. The summed E-state index contributed by atoms with van der Waals surface area (Å²) in [5.41, 5.74) is 3.10. The van der Waals surface area contributed by atoms with Gasteiger partial charge < -0.3 is 9.80 Å². The smallest absolute Gasteiger partial charge is 0.264 e. The summed E-state index contributed by atoms with van der Waals surface area (Å²) in [6, 6.07) is 14.2. The van der Waals surface area contributed by atoms with Crippen LogP contribution in [0.1, 0.15) is 41.0 Å². The molecule has 1 amide bonds. The summed E-state index contributed by atoms with van der Waals surface area (Å²) in [4.78, 5) is 27.5. The fraction of sp³-hybridized carbons (Fsp3) is 0.348. The zero-order valence-corrected chi connectivity index (χ0v) is 17.9. The molecule has 2 aromatic heterocycles. The molecule has 150 valence electrons. The largest absolute Gasteiger partial charge is 0.353 e. The Bertz CT molecular complexity index is 991. The van der Waals surface area contributed by atoms with Crippen LogP contribution < -0.4 is 4.90 Å². The summed E-state index contributed by atoms with van der Waals surface area (Å²) in [6.45, 7) is 9.20. The second-order valence-electron chi connectivity index (χ2n) is 7.69. The minimum Gasteiger partial charge on any atom is -0.353 e. The number of thiophene rings is 1. The fourth-order valence-electron chi connectivity index (χ4n) is 3.60. The SMILES string of the molecule is Cc1cc(N2CCN(C(=O)c3sccc3-c3ccccc3)CC2)nc(C(C)C)n1. The minimum atomic E-state index is 0.125. The van der Waals surface area contributed by atoms with E-state index in [2.05, 4.69) is 35.9 Å². The number of aromatic nitrogens is 2. The molecular formula is C23H26N4OS. The topological polar surface area (TPSA) is 49.3 Å². The number of carbonyl (C=O) groups excluding carboxylic acids is 1. The van der Waals surface area contributed by atoms with Crippen molar-refractivity contribution in [3.05, 3.63) is 64.2 Å². The van der Waals surface area contributed by atoms with Gasteiger partial charge in [0, 0.05) is 49.4 Å². The molecule has 1 aliphatic heterocycles. The Morgan fingerprint density at radius 3 is 2.45 bits per heavy atom. The van der Waals surface area contributed by atoms with Gasteiger partial charge in [-0.1, -0.05) is 44.2 Å². The van der Waals surface area contributed by atoms with E-state index in [1.54, 1.807) is 0 Å². The van der Waals surface area contributed by atoms with Crippen LogP contribution in [-0.2, 0) is 0 Å². The number of hydrogen-bond acceptors (Lipinski definition) is 5. The number of benzene rings is 1. The average Bonchev–Trinajstić information content (AvgIpc) is 3.23. The van der Waals surface area contributed by atoms with Crippen LogP contribution in [0.15, 0.2) is 47.8 Å². The van der Waals surface area contributed by atoms with Crippen molar-refractivity contribution in [2.75, 3.05) is 31.1 Å². The Kier molecular flexibility index (Phi) is 5.62. The standard InChI is InChI=1S/C23H26N4OS/c1-16(2)22-24-17(3)15-20(25-22)26-10-12-27(13-11-26)23(28)21-19(9-14-29-21)18-7-5-4-6-8-18/h4-9,14-16H,10-13H2,1-3H3. The van der Waals surface area contributed by atoms with Crippen molar-refractivity contribution in [1.82, 2.24) is 14.9 Å². The zero-order valence-electron chi connectivity index (χ0n) is 17.1. The molecule has 1 aromatic carbocycles. The second kappa shape index (κ2) is 8.33. The van der Waals surface area contributed by atoms with Gasteiger partial charge >= 0.3 is 0 Å². The van der Waals surface area contributed by atoms with Gasteiger partial charge in [0.1, 0.15) is 11.6 Å². The third-order valence-corrected chi connectivity index (χ3v) is 6.11. The number of piperazine rings is 1. The number of hydrogen-bond donors (Lipinski definition) is 0. The van der Waals surface area contributed by atoms with Gasteiger partial charge in [0.25, 0.3) is 5.91 Å². The van der Waals surface area contributed by atoms with Gasteiger partial charge in [-0.25, -0.2) is 9.97 Å². The number of rotatable bonds is 4. The Balaban J connectivity index is 1.47. The third-order valence-electron chi connectivity index (χ3n) is 5.21. The van der Waals surface area contributed by atoms with E-state index in [1.807, 2.05) is 47.5 Å². The van der Waals surface area contributed by atoms with E-state index >= 15 is 0 Å². The van der Waals surface area contributed by atoms with E-state index in [0.29, 0.717) is 19.0 Å². The molecule has 29 heavy (non-hydrogen) atoms. The maximum atomic E-state index is 13.2. The number of nitrogens with zero attached hydrogens (tertiary/aromatic N) is 4. The van der Waals surface area contributed by atoms with Gasteiger partial charge in [0.15, 0.2) is 0 Å². The first-order valence-electron chi connectivity index (χ1n) is 10.1. The van der Waals surface area contributed by atoms with E-state index in [-0.39, 0.29) is 5.91 Å². The molecule has 0 unspecified atom stereocenters. The third kappa shape index (κ3) is 4.17. The Morgan fingerprint density at radius 2 is 1.76 bits per heavy atom. The normalized spacial score (nSPS) is 14.5. The van der Waals surface area contributed by atoms with Gasteiger partial charge in [-0.2, -0.15) is 0 Å². The first kappa shape index (κ1) is 19.6. The van der Waals surface area contributed by atoms with Crippen LogP contribution in [-0.4, -0.2) is 47.0 Å². The molecule has 0 spiro atoms. The highest BCUT2D eigenvalue weighted by Gasteiger charge is 2.26. The molecule has 0 saturated carbocycles. The quantitative estimate of drug-likeness (QED) is 0.635. The van der Waals surface area contributed by atoms with Gasteiger partial charge in [-0.3, -0.25) is 4.79 Å². The van der Waals surface area contributed by atoms with Crippen molar-refractivity contribution in [2.45, 2.75) is 26.7 Å². The highest BCUT2D eigenvalue weighted by atomic mass is 32.1. The molecule has 6 heteroatoms. The molecule has 4 rings (SSSR count). The molecule has 1 aliphatic rings. The van der Waals surface area contributed by atoms with Crippen LogP contribution in [0.5, 0.6) is 0 Å². The molecule has 0 aliphatic carbocycles. The van der Waals surface area contributed by atoms with Crippen molar-refractivity contribution in [3.63, 3.8) is 0 Å². The first-order valence-corrected chi connectivity index (χ1v) is 10.9. The highest BCUT2D eigenvalue weighted by Crippen LogP contribution is 2.30. The van der Waals surface area contributed by atoms with E-state index in [0.717, 1.165) is 46.4 Å². The summed E-state index contributed by atoms with van der Waals surface area (Å²) in [7, 11) is 0. The fourth-order valence-corrected chi connectivity index (χ4v) is 4.48. The molecule has 0 bridgehead atoms. The van der Waals surface area contributed by atoms with Gasteiger partial charge in [0.2, 0.25) is 0 Å². The highest BCUT2D eigenvalue weighted by molar-refractivity contribution is 7.12. The van der Waals surface area contributed by atoms with Crippen LogP contribution in [0, 0.1) is 6.92 Å². The van der Waals surface area contributed by atoms with Crippen molar-refractivity contribution >= 4 is 23.1 Å². The number of carbonyl (C=O) groups is 1. The molecule has 0 atom stereocenters. The van der Waals surface area contributed by atoms with Crippen molar-refractivity contribution < 1.29 is 4.79 Å². The molecule has 0 N–H and O–H groups in total. The van der Waals surface area contributed by atoms with E-state index < -0.39 is 0 Å². The minimum absolute atomic E-state index is 0.125. The lowest BCUT2D eigenvalue weighted by atomic mass is 10.1. The van der Waals surface area contributed by atoms with Crippen LogP contribution in [0.4, 0.5) is 5.82 Å². The molecule has 1 fully saturated rings. The molecule has 5 nitrogen and oxygen atoms in total. The van der Waals surface area contributed by atoms with Crippen LogP contribution in [0.25, 0.3) is 11.1 Å². The van der Waals surface area contributed by atoms with Gasteiger partial charge in [0.05, 0.1) is 4.88 Å². The lowest BCUT2D eigenvalue weighted by Gasteiger charge is -2.35. The molecular weight excluding hydrogens is 380 g/mol. The maximum Gasteiger partial charge on any atom is 0.264 e. The average molecular weight is 407 g/mol. The summed E-state index contributed by atoms with van der Waals surface area (Å²) in [5, 5.41) is 2.00. The molecule has 1 saturated heterocycles. The van der Waals surface area contributed by atoms with Gasteiger partial charge in [-0.05, 0) is 23.9 Å². The summed E-state index contributed by atoms with van der Waals surface area (Å²) >= 11 is 1.52. The van der Waals surface area contributed by atoms with Crippen LogP contribution >= 0.6 is 11.3 Å². The van der Waals surface area contributed by atoms with E-state index in [1.165, 1.54) is 11.3 Å². The van der Waals surface area contributed by atoms with Crippen molar-refractivity contribution in [3.8, 4) is 11.1 Å². The molecule has 3 heterocycles. The van der Waals surface area contributed by atoms with Crippen LogP contribution in [0.3, 0.4) is 0 Å².